The summed E-state index contributed by atoms with van der Waals surface area (Å²) in [7, 11) is 0. The van der Waals surface area contributed by atoms with Gasteiger partial charge in [0, 0.05) is 20.8 Å². The van der Waals surface area contributed by atoms with E-state index in [1.165, 1.54) is 24.2 Å². The van der Waals surface area contributed by atoms with Crippen LogP contribution in [-0.4, -0.2) is 17.1 Å². The van der Waals surface area contributed by atoms with E-state index in [2.05, 4.69) is 21.2 Å². The maximum absolute atomic E-state index is 11.2. The van der Waals surface area contributed by atoms with Crippen LogP contribution in [0, 0.1) is 0 Å². The average Bonchev–Trinajstić information content (AvgIpc) is 2.84. The molecule has 0 radical (unpaired) electrons. The number of halogens is 1. The predicted molar refractivity (Wildman–Crippen MR) is 67.8 cm³/mol. The molecule has 2 N–H and O–H groups in total. The third kappa shape index (κ3) is 2.84. The molecule has 1 unspecified atom stereocenters. The van der Waals surface area contributed by atoms with Crippen LogP contribution < -0.4 is 5.32 Å². The highest BCUT2D eigenvalue weighted by atomic mass is 79.9. The van der Waals surface area contributed by atoms with Gasteiger partial charge < -0.3 is 5.11 Å². The Labute approximate surface area is 107 Å². The quantitative estimate of drug-likeness (QED) is 0.898. The van der Waals surface area contributed by atoms with Crippen molar-refractivity contribution < 1.29 is 9.90 Å². The lowest BCUT2D eigenvalue weighted by Gasteiger charge is -2.18. The second kappa shape index (κ2) is 5.29. The Morgan fingerprint density at radius 3 is 2.75 bits per heavy atom. The van der Waals surface area contributed by atoms with E-state index < -0.39 is 12.0 Å². The monoisotopic (exact) mass is 303 g/mol. The fourth-order valence-electron chi connectivity index (χ4n) is 2.08. The van der Waals surface area contributed by atoms with Crippen molar-refractivity contribution in [1.82, 2.24) is 5.32 Å². The van der Waals surface area contributed by atoms with E-state index in [1.54, 1.807) is 0 Å². The number of nitrogens with one attached hydrogen (secondary N) is 1. The van der Waals surface area contributed by atoms with Crippen LogP contribution in [-0.2, 0) is 4.79 Å². The van der Waals surface area contributed by atoms with Crippen molar-refractivity contribution in [1.29, 1.82) is 0 Å². The normalized spacial score (nSPS) is 18.8. The number of hydrogen-bond donors (Lipinski definition) is 2. The largest absolute Gasteiger partial charge is 0.480 e. The van der Waals surface area contributed by atoms with E-state index in [1.807, 2.05) is 11.4 Å². The molecule has 1 aromatic rings. The lowest BCUT2D eigenvalue weighted by Crippen LogP contribution is -2.34. The van der Waals surface area contributed by atoms with Gasteiger partial charge in [-0.3, -0.25) is 10.1 Å². The van der Waals surface area contributed by atoms with E-state index in [4.69, 9.17) is 0 Å². The molecule has 0 aliphatic heterocycles. The Balaban J connectivity index is 2.07. The Bertz CT molecular complexity index is 374. The molecular formula is C11H14BrNO2S. The van der Waals surface area contributed by atoms with Gasteiger partial charge in [0.05, 0.1) is 0 Å². The summed E-state index contributed by atoms with van der Waals surface area (Å²) in [5.74, 6) is -0.791. The molecular weight excluding hydrogens is 290 g/mol. The molecule has 1 fully saturated rings. The molecule has 1 heterocycles. The minimum absolute atomic E-state index is 0.363. The van der Waals surface area contributed by atoms with Crippen molar-refractivity contribution in [3.63, 3.8) is 0 Å². The van der Waals surface area contributed by atoms with Gasteiger partial charge in [0.25, 0.3) is 0 Å². The van der Waals surface area contributed by atoms with Crippen LogP contribution in [0.15, 0.2) is 15.9 Å². The highest BCUT2D eigenvalue weighted by Gasteiger charge is 2.26. The summed E-state index contributed by atoms with van der Waals surface area (Å²) in [5.41, 5.74) is 0. The van der Waals surface area contributed by atoms with Gasteiger partial charge in [-0.15, -0.1) is 11.3 Å². The topological polar surface area (TPSA) is 49.3 Å². The molecule has 3 nitrogen and oxygen atoms in total. The molecule has 0 saturated heterocycles. The second-order valence-electron chi connectivity index (χ2n) is 4.09. The summed E-state index contributed by atoms with van der Waals surface area (Å²) >= 11 is 4.83. The van der Waals surface area contributed by atoms with Gasteiger partial charge in [0.1, 0.15) is 6.04 Å². The maximum Gasteiger partial charge on any atom is 0.326 e. The molecule has 0 amide bonds. The molecule has 1 atom stereocenters. The summed E-state index contributed by atoms with van der Waals surface area (Å²) in [6.45, 7) is 0. The van der Waals surface area contributed by atoms with Gasteiger partial charge >= 0.3 is 5.97 Å². The first kappa shape index (κ1) is 12.1. The highest BCUT2D eigenvalue weighted by molar-refractivity contribution is 9.10. The number of rotatable bonds is 4. The minimum Gasteiger partial charge on any atom is -0.480 e. The molecule has 0 spiro atoms. The van der Waals surface area contributed by atoms with E-state index in [0.29, 0.717) is 6.04 Å². The maximum atomic E-state index is 11.2. The zero-order valence-corrected chi connectivity index (χ0v) is 11.2. The lowest BCUT2D eigenvalue weighted by molar-refractivity contribution is -0.139. The summed E-state index contributed by atoms with van der Waals surface area (Å²) in [6, 6.07) is 1.69. The zero-order valence-electron chi connectivity index (χ0n) is 8.78. The van der Waals surface area contributed by atoms with Crippen LogP contribution in [0.4, 0.5) is 0 Å². The molecule has 1 aromatic heterocycles. The van der Waals surface area contributed by atoms with Crippen molar-refractivity contribution in [3.05, 3.63) is 20.8 Å². The number of carboxylic acids is 1. The first-order valence-electron chi connectivity index (χ1n) is 5.39. The molecule has 88 valence electrons. The average molecular weight is 304 g/mol. The Kier molecular flexibility index (Phi) is 4.00. The highest BCUT2D eigenvalue weighted by Crippen LogP contribution is 2.28. The van der Waals surface area contributed by atoms with Gasteiger partial charge in [0.2, 0.25) is 0 Å². The number of carboxylic acid groups (broad SMARTS) is 1. The predicted octanol–water partition coefficient (Wildman–Crippen LogP) is 3.17. The van der Waals surface area contributed by atoms with Gasteiger partial charge in [-0.05, 0) is 34.8 Å². The summed E-state index contributed by atoms with van der Waals surface area (Å²) in [6.07, 6.45) is 4.60. The molecule has 0 aromatic carbocycles. The van der Waals surface area contributed by atoms with Crippen molar-refractivity contribution >= 4 is 33.2 Å². The minimum atomic E-state index is -0.791. The van der Waals surface area contributed by atoms with E-state index in [0.717, 1.165) is 22.2 Å². The number of carbonyl (C=O) groups is 1. The third-order valence-corrected chi connectivity index (χ3v) is 4.64. The van der Waals surface area contributed by atoms with E-state index in [9.17, 15) is 9.90 Å². The number of hydrogen-bond acceptors (Lipinski definition) is 3. The Morgan fingerprint density at radius 2 is 2.25 bits per heavy atom. The Morgan fingerprint density at radius 1 is 1.56 bits per heavy atom. The zero-order chi connectivity index (χ0) is 11.5. The first-order valence-corrected chi connectivity index (χ1v) is 7.07. The van der Waals surface area contributed by atoms with Crippen LogP contribution in [0.5, 0.6) is 0 Å². The molecule has 2 rings (SSSR count). The summed E-state index contributed by atoms with van der Waals surface area (Å²) in [4.78, 5) is 12.1. The molecule has 1 aliphatic carbocycles. The number of aliphatic carboxylic acids is 1. The molecule has 16 heavy (non-hydrogen) atoms. The summed E-state index contributed by atoms with van der Waals surface area (Å²) < 4.78 is 0.951. The SMILES string of the molecule is O=C(O)C(NC1CCCC1)c1cc(Br)cs1. The van der Waals surface area contributed by atoms with E-state index in [-0.39, 0.29) is 0 Å². The first-order chi connectivity index (χ1) is 7.66. The molecule has 5 heteroatoms. The van der Waals surface area contributed by atoms with Gasteiger partial charge in [0.15, 0.2) is 0 Å². The van der Waals surface area contributed by atoms with Crippen molar-refractivity contribution in [3.8, 4) is 0 Å². The van der Waals surface area contributed by atoms with Gasteiger partial charge in [-0.2, -0.15) is 0 Å². The van der Waals surface area contributed by atoms with Crippen molar-refractivity contribution in [2.75, 3.05) is 0 Å². The lowest BCUT2D eigenvalue weighted by atomic mass is 10.2. The van der Waals surface area contributed by atoms with Crippen LogP contribution in [0.3, 0.4) is 0 Å². The smallest absolute Gasteiger partial charge is 0.326 e. The second-order valence-corrected chi connectivity index (χ2v) is 5.95. The van der Waals surface area contributed by atoms with Crippen molar-refractivity contribution in [2.24, 2.45) is 0 Å². The fraction of sp³-hybridized carbons (Fsp3) is 0.545. The summed E-state index contributed by atoms with van der Waals surface area (Å²) in [5, 5.41) is 14.4. The molecule has 0 bridgehead atoms. The van der Waals surface area contributed by atoms with Crippen LogP contribution in [0.2, 0.25) is 0 Å². The standard InChI is InChI=1S/C11H14BrNO2S/c12-7-5-9(16-6-7)10(11(14)15)13-8-3-1-2-4-8/h5-6,8,10,13H,1-4H2,(H,14,15). The van der Waals surface area contributed by atoms with Crippen LogP contribution in [0.25, 0.3) is 0 Å². The van der Waals surface area contributed by atoms with Crippen molar-refractivity contribution in [2.45, 2.75) is 37.8 Å². The van der Waals surface area contributed by atoms with E-state index >= 15 is 0 Å². The number of thiophene rings is 1. The van der Waals surface area contributed by atoms with Gasteiger partial charge in [-0.25, -0.2) is 0 Å². The van der Waals surface area contributed by atoms with Crippen LogP contribution >= 0.6 is 27.3 Å². The fourth-order valence-corrected chi connectivity index (χ4v) is 3.58. The molecule has 1 saturated carbocycles. The Hall–Kier alpha value is -0.390. The van der Waals surface area contributed by atoms with Gasteiger partial charge in [-0.1, -0.05) is 12.8 Å². The molecule has 1 aliphatic rings. The van der Waals surface area contributed by atoms with Crippen LogP contribution in [0.1, 0.15) is 36.6 Å². The third-order valence-electron chi connectivity index (χ3n) is 2.88.